The van der Waals surface area contributed by atoms with Gasteiger partial charge in [-0.05, 0) is 48.9 Å². The molecule has 0 fully saturated rings. The van der Waals surface area contributed by atoms with Gasteiger partial charge in [-0.3, -0.25) is 4.79 Å². The number of hydrogen-bond acceptors (Lipinski definition) is 5. The molecule has 8 heteroatoms. The zero-order chi connectivity index (χ0) is 19.2. The smallest absolute Gasteiger partial charge is 0.224 e. The highest BCUT2D eigenvalue weighted by Crippen LogP contribution is 2.27. The van der Waals surface area contributed by atoms with Crippen molar-refractivity contribution in [2.45, 2.75) is 24.7 Å². The summed E-state index contributed by atoms with van der Waals surface area (Å²) in [4.78, 5) is 12.0. The second-order valence-corrected chi connectivity index (χ2v) is 7.81. The Morgan fingerprint density at radius 3 is 2.54 bits per heavy atom. The Balaban J connectivity index is 1.87. The third kappa shape index (κ3) is 5.45. The van der Waals surface area contributed by atoms with E-state index in [2.05, 4.69) is 5.32 Å². The molecule has 2 rings (SSSR count). The van der Waals surface area contributed by atoms with E-state index in [0.717, 1.165) is 0 Å². The van der Waals surface area contributed by atoms with Crippen LogP contribution in [0.2, 0.25) is 0 Å². The molecule has 2 N–H and O–H groups in total. The van der Waals surface area contributed by atoms with Crippen LogP contribution in [-0.4, -0.2) is 31.8 Å². The normalized spacial score (nSPS) is 11.2. The van der Waals surface area contributed by atoms with Crippen molar-refractivity contribution in [1.29, 1.82) is 0 Å². The van der Waals surface area contributed by atoms with Crippen LogP contribution >= 0.6 is 0 Å². The molecule has 0 saturated carbocycles. The summed E-state index contributed by atoms with van der Waals surface area (Å²) in [5.41, 5.74) is 0.0453. The van der Waals surface area contributed by atoms with Crippen molar-refractivity contribution < 1.29 is 27.4 Å². The van der Waals surface area contributed by atoms with Crippen LogP contribution in [0.15, 0.2) is 47.4 Å². The second-order valence-electron chi connectivity index (χ2n) is 5.54. The van der Waals surface area contributed by atoms with Gasteiger partial charge < -0.3 is 15.2 Å². The predicted molar refractivity (Wildman–Crippen MR) is 95.6 cm³/mol. The number of ether oxygens (including phenoxy) is 1. The highest BCUT2D eigenvalue weighted by Gasteiger charge is 2.15. The number of hydrogen-bond donors (Lipinski definition) is 2. The molecule has 6 nitrogen and oxygen atoms in total. The first-order valence-corrected chi connectivity index (χ1v) is 9.71. The third-order valence-corrected chi connectivity index (χ3v) is 5.34. The van der Waals surface area contributed by atoms with Gasteiger partial charge in [-0.15, -0.1) is 0 Å². The van der Waals surface area contributed by atoms with E-state index in [-0.39, 0.29) is 46.8 Å². The maximum absolute atomic E-state index is 12.8. The summed E-state index contributed by atoms with van der Waals surface area (Å²) >= 11 is 0. The first-order valence-electron chi connectivity index (χ1n) is 8.06. The van der Waals surface area contributed by atoms with Crippen LogP contribution < -0.4 is 10.1 Å². The van der Waals surface area contributed by atoms with Gasteiger partial charge in [0.15, 0.2) is 9.84 Å². The summed E-state index contributed by atoms with van der Waals surface area (Å²) in [5.74, 6) is -0.526. The molecular weight excluding hydrogens is 361 g/mol. The number of carbonyl (C=O) groups is 1. The summed E-state index contributed by atoms with van der Waals surface area (Å²) in [7, 11) is -3.44. The van der Waals surface area contributed by atoms with Gasteiger partial charge in [0.05, 0.1) is 22.9 Å². The molecule has 2 aromatic carbocycles. The van der Waals surface area contributed by atoms with Crippen molar-refractivity contribution in [2.75, 3.05) is 17.7 Å². The molecule has 1 amide bonds. The van der Waals surface area contributed by atoms with E-state index < -0.39 is 9.84 Å². The predicted octanol–water partition coefficient (Wildman–Crippen LogP) is 3.12. The maximum atomic E-state index is 12.8. The zero-order valence-electron chi connectivity index (χ0n) is 14.2. The molecular formula is C18H20FNO5S. The van der Waals surface area contributed by atoms with Crippen LogP contribution in [0.5, 0.6) is 11.5 Å². The lowest BCUT2D eigenvalue weighted by Gasteiger charge is -2.10. The lowest BCUT2D eigenvalue weighted by Crippen LogP contribution is -2.13. The largest absolute Gasteiger partial charge is 0.506 e. The number of rotatable bonds is 8. The van der Waals surface area contributed by atoms with Crippen molar-refractivity contribution in [2.24, 2.45) is 0 Å². The Bertz CT molecular complexity index is 866. The summed E-state index contributed by atoms with van der Waals surface area (Å²) in [6.45, 7) is 1.77. The number of carbonyl (C=O) groups excluding carboxylic acids is 1. The van der Waals surface area contributed by atoms with Gasteiger partial charge in [0.25, 0.3) is 0 Å². The number of halogens is 1. The molecule has 0 saturated heterocycles. The summed E-state index contributed by atoms with van der Waals surface area (Å²) in [5, 5.41) is 12.3. The molecule has 0 aliphatic carbocycles. The third-order valence-electron chi connectivity index (χ3n) is 3.61. The molecule has 0 aliphatic rings. The number of amides is 1. The SMILES string of the molecule is CCS(=O)(=O)c1ccc(O)c(NC(=O)CCCOc2ccc(F)cc2)c1. The number of sulfone groups is 1. The number of aromatic hydroxyl groups is 1. The minimum Gasteiger partial charge on any atom is -0.506 e. The lowest BCUT2D eigenvalue weighted by molar-refractivity contribution is -0.116. The standard InChI is InChI=1S/C18H20FNO5S/c1-2-26(23,24)15-9-10-17(21)16(12-15)20-18(22)4-3-11-25-14-7-5-13(19)6-8-14/h5-10,12,21H,2-4,11H2,1H3,(H,20,22). The summed E-state index contributed by atoms with van der Waals surface area (Å²) in [6, 6.07) is 9.31. The summed E-state index contributed by atoms with van der Waals surface area (Å²) in [6.07, 6.45) is 0.516. The Hall–Kier alpha value is -2.61. The molecule has 0 spiro atoms. The van der Waals surface area contributed by atoms with E-state index in [1.165, 1.54) is 49.4 Å². The fourth-order valence-corrected chi connectivity index (χ4v) is 3.05. The molecule has 0 unspecified atom stereocenters. The van der Waals surface area contributed by atoms with Crippen LogP contribution in [0.3, 0.4) is 0 Å². The van der Waals surface area contributed by atoms with Gasteiger partial charge in [-0.2, -0.15) is 0 Å². The van der Waals surface area contributed by atoms with Crippen LogP contribution in [0.1, 0.15) is 19.8 Å². The molecule has 0 aromatic heterocycles. The maximum Gasteiger partial charge on any atom is 0.224 e. The van der Waals surface area contributed by atoms with E-state index in [9.17, 15) is 22.7 Å². The number of nitrogens with one attached hydrogen (secondary N) is 1. The Morgan fingerprint density at radius 1 is 1.19 bits per heavy atom. The summed E-state index contributed by atoms with van der Waals surface area (Å²) < 4.78 is 41.9. The highest BCUT2D eigenvalue weighted by atomic mass is 32.2. The number of phenolic OH excluding ortho intramolecular Hbond substituents is 1. The van der Waals surface area contributed by atoms with Crippen molar-refractivity contribution in [1.82, 2.24) is 0 Å². The van der Waals surface area contributed by atoms with E-state index in [4.69, 9.17) is 4.74 Å². The van der Waals surface area contributed by atoms with Crippen molar-refractivity contribution in [3.8, 4) is 11.5 Å². The van der Waals surface area contributed by atoms with Gasteiger partial charge in [0.1, 0.15) is 17.3 Å². The quantitative estimate of drug-likeness (QED) is 0.541. The van der Waals surface area contributed by atoms with Gasteiger partial charge >= 0.3 is 0 Å². The Labute approximate surface area is 151 Å². The van der Waals surface area contributed by atoms with E-state index in [1.807, 2.05) is 0 Å². The monoisotopic (exact) mass is 381 g/mol. The first kappa shape index (κ1) is 19.7. The minimum atomic E-state index is -3.44. The minimum absolute atomic E-state index is 0.0349. The molecule has 26 heavy (non-hydrogen) atoms. The van der Waals surface area contributed by atoms with E-state index in [0.29, 0.717) is 12.2 Å². The van der Waals surface area contributed by atoms with Gasteiger partial charge in [-0.1, -0.05) is 6.92 Å². The van der Waals surface area contributed by atoms with Crippen LogP contribution in [0, 0.1) is 5.82 Å². The first-order chi connectivity index (χ1) is 12.3. The molecule has 0 aliphatic heterocycles. The number of benzene rings is 2. The van der Waals surface area contributed by atoms with Crippen LogP contribution in [-0.2, 0) is 14.6 Å². The fourth-order valence-electron chi connectivity index (χ4n) is 2.14. The van der Waals surface area contributed by atoms with Crippen molar-refractivity contribution in [3.63, 3.8) is 0 Å². The van der Waals surface area contributed by atoms with Gasteiger partial charge in [0, 0.05) is 6.42 Å². The number of anilines is 1. The molecule has 0 atom stereocenters. The van der Waals surface area contributed by atoms with Gasteiger partial charge in [-0.25, -0.2) is 12.8 Å². The number of phenols is 1. The van der Waals surface area contributed by atoms with Crippen LogP contribution in [0.4, 0.5) is 10.1 Å². The topological polar surface area (TPSA) is 92.7 Å². The average Bonchev–Trinajstić information content (AvgIpc) is 2.62. The lowest BCUT2D eigenvalue weighted by atomic mass is 10.2. The Morgan fingerprint density at radius 2 is 1.88 bits per heavy atom. The Kier molecular flexibility index (Phi) is 6.57. The highest BCUT2D eigenvalue weighted by molar-refractivity contribution is 7.91. The molecule has 0 heterocycles. The van der Waals surface area contributed by atoms with Gasteiger partial charge in [0.2, 0.25) is 5.91 Å². The molecule has 2 aromatic rings. The second kappa shape index (κ2) is 8.66. The molecule has 0 radical (unpaired) electrons. The van der Waals surface area contributed by atoms with E-state index in [1.54, 1.807) is 0 Å². The van der Waals surface area contributed by atoms with Crippen LogP contribution in [0.25, 0.3) is 0 Å². The fraction of sp³-hybridized carbons (Fsp3) is 0.278. The van der Waals surface area contributed by atoms with Crippen molar-refractivity contribution in [3.05, 3.63) is 48.3 Å². The zero-order valence-corrected chi connectivity index (χ0v) is 15.1. The molecule has 140 valence electrons. The average molecular weight is 381 g/mol. The van der Waals surface area contributed by atoms with E-state index >= 15 is 0 Å². The van der Waals surface area contributed by atoms with Crippen molar-refractivity contribution >= 4 is 21.4 Å². The molecule has 0 bridgehead atoms.